The van der Waals surface area contributed by atoms with Gasteiger partial charge in [-0.3, -0.25) is 4.79 Å². The summed E-state index contributed by atoms with van der Waals surface area (Å²) in [5, 5.41) is 3.46. The molecule has 2 atom stereocenters. The molecule has 1 N–H and O–H groups in total. The molecule has 3 aliphatic heterocycles. The van der Waals surface area contributed by atoms with E-state index in [1.807, 2.05) is 6.07 Å². The van der Waals surface area contributed by atoms with Crippen LogP contribution in [0.15, 0.2) is 42.7 Å². The normalized spacial score (nSPS) is 27.3. The molecule has 1 amide bonds. The highest BCUT2D eigenvalue weighted by Crippen LogP contribution is 2.42. The van der Waals surface area contributed by atoms with Gasteiger partial charge in [0.15, 0.2) is 0 Å². The number of rotatable bonds is 2. The van der Waals surface area contributed by atoms with Crippen molar-refractivity contribution in [2.24, 2.45) is 11.3 Å². The summed E-state index contributed by atoms with van der Waals surface area (Å²) in [5.41, 5.74) is 2.30. The van der Waals surface area contributed by atoms with Crippen molar-refractivity contribution in [3.05, 3.63) is 53.9 Å². The van der Waals surface area contributed by atoms with Gasteiger partial charge in [-0.2, -0.15) is 0 Å². The van der Waals surface area contributed by atoms with Gasteiger partial charge in [-0.1, -0.05) is 24.3 Å². The molecule has 0 radical (unpaired) electrons. The van der Waals surface area contributed by atoms with Crippen LogP contribution in [-0.2, 0) is 17.8 Å². The number of fused-ring (bicyclic) bond motifs is 2. The Hall–Kier alpha value is -2.47. The molecule has 0 bridgehead atoms. The van der Waals surface area contributed by atoms with Crippen molar-refractivity contribution in [2.75, 3.05) is 37.6 Å². The number of hydrogen-bond acceptors (Lipinski definition) is 5. The van der Waals surface area contributed by atoms with E-state index in [4.69, 9.17) is 0 Å². The van der Waals surface area contributed by atoms with Crippen LogP contribution in [-0.4, -0.2) is 53.5 Å². The fraction of sp³-hybridized carbons (Fsp3) is 0.450. The van der Waals surface area contributed by atoms with Crippen molar-refractivity contribution in [1.82, 2.24) is 20.2 Å². The van der Waals surface area contributed by atoms with E-state index in [9.17, 15) is 4.79 Å². The van der Waals surface area contributed by atoms with Crippen LogP contribution in [0.2, 0.25) is 0 Å². The molecule has 3 aliphatic rings. The van der Waals surface area contributed by atoms with E-state index in [0.717, 1.165) is 45.1 Å². The Morgan fingerprint density at radius 3 is 2.81 bits per heavy atom. The van der Waals surface area contributed by atoms with Crippen molar-refractivity contribution < 1.29 is 4.79 Å². The third-order valence-electron chi connectivity index (χ3n) is 6.21. The number of hydrogen-bond donors (Lipinski definition) is 1. The summed E-state index contributed by atoms with van der Waals surface area (Å²) in [7, 11) is 0. The van der Waals surface area contributed by atoms with E-state index in [-0.39, 0.29) is 5.41 Å². The third-order valence-corrected chi connectivity index (χ3v) is 6.21. The fourth-order valence-corrected chi connectivity index (χ4v) is 4.81. The molecule has 4 heterocycles. The number of nitrogens with zero attached hydrogens (tertiary/aromatic N) is 4. The zero-order valence-corrected chi connectivity index (χ0v) is 14.8. The van der Waals surface area contributed by atoms with Crippen molar-refractivity contribution in [1.29, 1.82) is 0 Å². The minimum atomic E-state index is -0.356. The summed E-state index contributed by atoms with van der Waals surface area (Å²) in [6, 6.07) is 10.3. The molecule has 0 unspecified atom stereocenters. The van der Waals surface area contributed by atoms with Gasteiger partial charge >= 0.3 is 0 Å². The van der Waals surface area contributed by atoms with Crippen molar-refractivity contribution in [3.8, 4) is 0 Å². The molecule has 6 heteroatoms. The molecule has 2 aromatic rings. The van der Waals surface area contributed by atoms with Gasteiger partial charge in [-0.15, -0.1) is 0 Å². The lowest BCUT2D eigenvalue weighted by molar-refractivity contribution is -0.142. The first-order valence-electron chi connectivity index (χ1n) is 9.35. The second-order valence-corrected chi connectivity index (χ2v) is 7.66. The average molecular weight is 349 g/mol. The van der Waals surface area contributed by atoms with Gasteiger partial charge in [0.2, 0.25) is 11.9 Å². The van der Waals surface area contributed by atoms with Crippen molar-refractivity contribution in [3.63, 3.8) is 0 Å². The van der Waals surface area contributed by atoms with Gasteiger partial charge in [0.25, 0.3) is 0 Å². The highest BCUT2D eigenvalue weighted by molar-refractivity contribution is 5.85. The van der Waals surface area contributed by atoms with Crippen LogP contribution in [0.1, 0.15) is 11.1 Å². The molecule has 0 spiro atoms. The summed E-state index contributed by atoms with van der Waals surface area (Å²) >= 11 is 0. The molecular weight excluding hydrogens is 326 g/mol. The molecule has 134 valence electrons. The van der Waals surface area contributed by atoms with Gasteiger partial charge < -0.3 is 15.1 Å². The number of benzene rings is 1. The number of anilines is 1. The van der Waals surface area contributed by atoms with E-state index in [0.29, 0.717) is 18.4 Å². The topological polar surface area (TPSA) is 61.4 Å². The highest BCUT2D eigenvalue weighted by atomic mass is 16.2. The Balaban J connectivity index is 1.40. The quantitative estimate of drug-likeness (QED) is 0.879. The Morgan fingerprint density at radius 2 is 1.96 bits per heavy atom. The van der Waals surface area contributed by atoms with Crippen LogP contribution in [0.25, 0.3) is 0 Å². The van der Waals surface area contributed by atoms with E-state index in [1.54, 1.807) is 12.4 Å². The number of amides is 1. The maximum absolute atomic E-state index is 13.6. The van der Waals surface area contributed by atoms with Crippen LogP contribution in [0.3, 0.4) is 0 Å². The first kappa shape index (κ1) is 15.8. The first-order valence-corrected chi connectivity index (χ1v) is 9.35. The lowest BCUT2D eigenvalue weighted by atomic mass is 9.79. The molecule has 0 aliphatic carbocycles. The monoisotopic (exact) mass is 349 g/mol. The smallest absolute Gasteiger partial charge is 0.232 e. The number of nitrogens with one attached hydrogen (secondary N) is 1. The molecule has 5 rings (SSSR count). The molecular formula is C20H23N5O. The molecule has 1 aromatic heterocycles. The van der Waals surface area contributed by atoms with Gasteiger partial charge in [-0.05, 0) is 23.6 Å². The van der Waals surface area contributed by atoms with Gasteiger partial charge in [0, 0.05) is 57.6 Å². The Kier molecular flexibility index (Phi) is 3.67. The number of carbonyl (C=O) groups excluding carboxylic acids is 1. The summed E-state index contributed by atoms with van der Waals surface area (Å²) in [6.07, 6.45) is 4.48. The molecule has 26 heavy (non-hydrogen) atoms. The van der Waals surface area contributed by atoms with E-state index in [2.05, 4.69) is 49.4 Å². The lowest BCUT2D eigenvalue weighted by Gasteiger charge is -2.36. The minimum Gasteiger partial charge on any atom is -0.339 e. The van der Waals surface area contributed by atoms with E-state index in [1.165, 1.54) is 11.1 Å². The third kappa shape index (κ3) is 2.40. The summed E-state index contributed by atoms with van der Waals surface area (Å²) in [5.74, 6) is 1.34. The van der Waals surface area contributed by atoms with Crippen LogP contribution in [0.5, 0.6) is 0 Å². The van der Waals surface area contributed by atoms with Crippen LogP contribution in [0.4, 0.5) is 5.95 Å². The van der Waals surface area contributed by atoms with Gasteiger partial charge in [-0.25, -0.2) is 9.97 Å². The molecule has 1 aromatic carbocycles. The number of aromatic nitrogens is 2. The fourth-order valence-electron chi connectivity index (χ4n) is 4.81. The van der Waals surface area contributed by atoms with Gasteiger partial charge in [0.05, 0.1) is 5.41 Å². The van der Waals surface area contributed by atoms with Crippen molar-refractivity contribution >= 4 is 11.9 Å². The Labute approximate surface area is 153 Å². The average Bonchev–Trinajstić information content (AvgIpc) is 3.26. The maximum Gasteiger partial charge on any atom is 0.232 e. The van der Waals surface area contributed by atoms with Crippen molar-refractivity contribution in [2.45, 2.75) is 13.0 Å². The SMILES string of the molecule is O=C(N1CCc2ccccc2C1)[C@@]12CNC[C@@H]1CN(c1ncccn1)C2. The molecule has 2 saturated heterocycles. The molecule has 6 nitrogen and oxygen atoms in total. The highest BCUT2D eigenvalue weighted by Gasteiger charge is 2.56. The maximum atomic E-state index is 13.6. The predicted octanol–water partition coefficient (Wildman–Crippen LogP) is 1.09. The molecule has 0 saturated carbocycles. The summed E-state index contributed by atoms with van der Waals surface area (Å²) in [6.45, 7) is 4.72. The second-order valence-electron chi connectivity index (χ2n) is 7.66. The molecule has 2 fully saturated rings. The lowest BCUT2D eigenvalue weighted by Crippen LogP contribution is -2.50. The largest absolute Gasteiger partial charge is 0.339 e. The van der Waals surface area contributed by atoms with Crippen LogP contribution < -0.4 is 10.2 Å². The predicted molar refractivity (Wildman–Crippen MR) is 98.6 cm³/mol. The Bertz CT molecular complexity index is 826. The standard InChI is InChI=1S/C20H23N5O/c26-18(24-9-6-15-4-1-2-5-16(15)11-24)20-13-21-10-17(20)12-25(14-20)19-22-7-3-8-23-19/h1-5,7-8,17,21H,6,9-14H2/t17-,20-/m1/s1. The van der Waals surface area contributed by atoms with E-state index >= 15 is 0 Å². The van der Waals surface area contributed by atoms with Gasteiger partial charge in [0.1, 0.15) is 0 Å². The van der Waals surface area contributed by atoms with E-state index < -0.39 is 0 Å². The Morgan fingerprint density at radius 1 is 1.15 bits per heavy atom. The first-order chi connectivity index (χ1) is 12.8. The summed E-state index contributed by atoms with van der Waals surface area (Å²) < 4.78 is 0. The minimum absolute atomic E-state index is 0.292. The zero-order chi connectivity index (χ0) is 17.6. The van der Waals surface area contributed by atoms with Crippen LogP contribution >= 0.6 is 0 Å². The summed E-state index contributed by atoms with van der Waals surface area (Å²) in [4.78, 5) is 26.6. The zero-order valence-electron chi connectivity index (χ0n) is 14.8. The van der Waals surface area contributed by atoms with Crippen LogP contribution in [0, 0.1) is 11.3 Å². The number of carbonyl (C=O) groups is 1. The second kappa shape index (κ2) is 6.06.